The first-order valence-corrected chi connectivity index (χ1v) is 9.78. The lowest BCUT2D eigenvalue weighted by Gasteiger charge is -2.27. The van der Waals surface area contributed by atoms with Gasteiger partial charge in [0, 0.05) is 31.4 Å². The van der Waals surface area contributed by atoms with E-state index in [9.17, 15) is 8.42 Å². The van der Waals surface area contributed by atoms with E-state index in [0.29, 0.717) is 55.9 Å². The summed E-state index contributed by atoms with van der Waals surface area (Å²) in [5, 5.41) is 0. The van der Waals surface area contributed by atoms with Gasteiger partial charge in [0.05, 0.1) is 18.1 Å². The first-order chi connectivity index (χ1) is 12.1. The van der Waals surface area contributed by atoms with E-state index in [1.807, 2.05) is 24.0 Å². The Labute approximate surface area is 147 Å². The van der Waals surface area contributed by atoms with Gasteiger partial charge in [0.2, 0.25) is 5.95 Å². The second-order valence-electron chi connectivity index (χ2n) is 6.21. The SMILES string of the molecule is Cc1ccccc1S(=O)(=O)N1CCc2cnc(N3CCOCC3)nc21. The molecule has 0 amide bonds. The van der Waals surface area contributed by atoms with E-state index in [1.54, 1.807) is 18.3 Å². The summed E-state index contributed by atoms with van der Waals surface area (Å²) in [6.45, 7) is 4.89. The molecule has 0 radical (unpaired) electrons. The van der Waals surface area contributed by atoms with E-state index in [4.69, 9.17) is 4.74 Å². The third-order valence-electron chi connectivity index (χ3n) is 4.61. The summed E-state index contributed by atoms with van der Waals surface area (Å²) < 4.78 is 33.0. The largest absolute Gasteiger partial charge is 0.378 e. The van der Waals surface area contributed by atoms with E-state index < -0.39 is 10.0 Å². The smallest absolute Gasteiger partial charge is 0.265 e. The van der Waals surface area contributed by atoms with Crippen molar-refractivity contribution in [3.05, 3.63) is 41.6 Å². The number of fused-ring (bicyclic) bond motifs is 1. The molecule has 1 aromatic carbocycles. The molecule has 0 bridgehead atoms. The fourth-order valence-corrected chi connectivity index (χ4v) is 4.90. The van der Waals surface area contributed by atoms with Crippen LogP contribution in [0.5, 0.6) is 0 Å². The van der Waals surface area contributed by atoms with Crippen LogP contribution in [-0.2, 0) is 21.2 Å². The molecule has 0 aliphatic carbocycles. The first kappa shape index (κ1) is 16.3. The maximum Gasteiger partial charge on any atom is 0.265 e. The van der Waals surface area contributed by atoms with Crippen LogP contribution in [-0.4, -0.2) is 51.2 Å². The quantitative estimate of drug-likeness (QED) is 0.823. The third kappa shape index (κ3) is 2.85. The molecule has 4 rings (SSSR count). The molecule has 2 aromatic rings. The second kappa shape index (κ2) is 6.27. The Morgan fingerprint density at radius 1 is 1.12 bits per heavy atom. The van der Waals surface area contributed by atoms with Gasteiger partial charge in [-0.2, -0.15) is 4.98 Å². The van der Waals surface area contributed by atoms with E-state index in [-0.39, 0.29) is 0 Å². The number of benzene rings is 1. The molecule has 2 aliphatic rings. The van der Waals surface area contributed by atoms with Crippen molar-refractivity contribution in [1.29, 1.82) is 0 Å². The van der Waals surface area contributed by atoms with Gasteiger partial charge < -0.3 is 9.64 Å². The summed E-state index contributed by atoms with van der Waals surface area (Å²) in [4.78, 5) is 11.4. The van der Waals surface area contributed by atoms with Crippen molar-refractivity contribution in [1.82, 2.24) is 9.97 Å². The summed E-state index contributed by atoms with van der Waals surface area (Å²) in [6, 6.07) is 7.04. The van der Waals surface area contributed by atoms with Crippen LogP contribution < -0.4 is 9.21 Å². The van der Waals surface area contributed by atoms with Gasteiger partial charge in [-0.1, -0.05) is 18.2 Å². The van der Waals surface area contributed by atoms with Crippen molar-refractivity contribution < 1.29 is 13.2 Å². The summed E-state index contributed by atoms with van der Waals surface area (Å²) >= 11 is 0. The zero-order valence-electron chi connectivity index (χ0n) is 14.1. The Kier molecular flexibility index (Phi) is 4.09. The number of ether oxygens (including phenoxy) is 1. The van der Waals surface area contributed by atoms with E-state index in [2.05, 4.69) is 9.97 Å². The molecule has 0 unspecified atom stereocenters. The number of sulfonamides is 1. The van der Waals surface area contributed by atoms with Crippen LogP contribution in [0.25, 0.3) is 0 Å². The molecule has 7 nitrogen and oxygen atoms in total. The van der Waals surface area contributed by atoms with Gasteiger partial charge in [-0.15, -0.1) is 0 Å². The van der Waals surface area contributed by atoms with Crippen molar-refractivity contribution >= 4 is 21.8 Å². The zero-order valence-corrected chi connectivity index (χ0v) is 14.9. The highest BCUT2D eigenvalue weighted by molar-refractivity contribution is 7.92. The second-order valence-corrected chi connectivity index (χ2v) is 8.04. The van der Waals surface area contributed by atoms with Gasteiger partial charge >= 0.3 is 0 Å². The van der Waals surface area contributed by atoms with Gasteiger partial charge in [-0.25, -0.2) is 17.7 Å². The monoisotopic (exact) mass is 360 g/mol. The van der Waals surface area contributed by atoms with Crippen molar-refractivity contribution in [3.8, 4) is 0 Å². The summed E-state index contributed by atoms with van der Waals surface area (Å²) in [7, 11) is -3.63. The standard InChI is InChI=1S/C17H20N4O3S/c1-13-4-2-3-5-15(13)25(22,23)21-7-6-14-12-18-17(19-16(14)21)20-8-10-24-11-9-20/h2-5,12H,6-11H2,1H3. The molecular formula is C17H20N4O3S. The average Bonchev–Trinajstić information content (AvgIpc) is 3.06. The zero-order chi connectivity index (χ0) is 17.4. The summed E-state index contributed by atoms with van der Waals surface area (Å²) in [5.41, 5.74) is 1.60. The Balaban J connectivity index is 1.72. The Morgan fingerprint density at radius 2 is 1.88 bits per heavy atom. The number of rotatable bonds is 3. The van der Waals surface area contributed by atoms with Crippen LogP contribution in [0, 0.1) is 6.92 Å². The van der Waals surface area contributed by atoms with Gasteiger partial charge in [0.1, 0.15) is 0 Å². The number of aromatic nitrogens is 2. The van der Waals surface area contributed by atoms with Crippen molar-refractivity contribution in [3.63, 3.8) is 0 Å². The predicted molar refractivity (Wildman–Crippen MR) is 94.5 cm³/mol. The van der Waals surface area contributed by atoms with E-state index in [0.717, 1.165) is 11.1 Å². The number of aryl methyl sites for hydroxylation is 1. The number of morpholine rings is 1. The van der Waals surface area contributed by atoms with Crippen LogP contribution >= 0.6 is 0 Å². The highest BCUT2D eigenvalue weighted by Crippen LogP contribution is 2.33. The lowest BCUT2D eigenvalue weighted by atomic mass is 10.2. The molecule has 1 fully saturated rings. The highest BCUT2D eigenvalue weighted by atomic mass is 32.2. The minimum atomic E-state index is -3.63. The normalized spacial score (nSPS) is 17.6. The lowest BCUT2D eigenvalue weighted by Crippen LogP contribution is -2.37. The van der Waals surface area contributed by atoms with Crippen LogP contribution in [0.4, 0.5) is 11.8 Å². The maximum absolute atomic E-state index is 13.1. The molecule has 0 saturated carbocycles. The molecule has 1 saturated heterocycles. The van der Waals surface area contributed by atoms with Crippen molar-refractivity contribution in [2.45, 2.75) is 18.2 Å². The molecule has 132 valence electrons. The molecule has 25 heavy (non-hydrogen) atoms. The fourth-order valence-electron chi connectivity index (χ4n) is 3.22. The van der Waals surface area contributed by atoms with Crippen LogP contribution in [0.15, 0.2) is 35.4 Å². The number of anilines is 2. The minimum Gasteiger partial charge on any atom is -0.378 e. The Hall–Kier alpha value is -2.19. The predicted octanol–water partition coefficient (Wildman–Crippen LogP) is 1.37. The molecule has 8 heteroatoms. The number of hydrogen-bond acceptors (Lipinski definition) is 6. The maximum atomic E-state index is 13.1. The summed E-state index contributed by atoms with van der Waals surface area (Å²) in [5.74, 6) is 1.06. The molecule has 2 aliphatic heterocycles. The van der Waals surface area contributed by atoms with E-state index >= 15 is 0 Å². The van der Waals surface area contributed by atoms with E-state index in [1.165, 1.54) is 4.31 Å². The third-order valence-corrected chi connectivity index (χ3v) is 6.55. The van der Waals surface area contributed by atoms with Gasteiger partial charge in [-0.05, 0) is 25.0 Å². The topological polar surface area (TPSA) is 75.6 Å². The molecule has 0 N–H and O–H groups in total. The van der Waals surface area contributed by atoms with Crippen molar-refractivity contribution in [2.24, 2.45) is 0 Å². The number of nitrogens with zero attached hydrogens (tertiary/aromatic N) is 4. The van der Waals surface area contributed by atoms with Crippen LogP contribution in [0.1, 0.15) is 11.1 Å². The lowest BCUT2D eigenvalue weighted by molar-refractivity contribution is 0.122. The van der Waals surface area contributed by atoms with Crippen molar-refractivity contribution in [2.75, 3.05) is 42.1 Å². The van der Waals surface area contributed by atoms with Crippen LogP contribution in [0.2, 0.25) is 0 Å². The molecule has 3 heterocycles. The Bertz CT molecular complexity index is 895. The van der Waals surface area contributed by atoms with Gasteiger partial charge in [0.15, 0.2) is 5.82 Å². The molecular weight excluding hydrogens is 340 g/mol. The number of hydrogen-bond donors (Lipinski definition) is 0. The summed E-state index contributed by atoms with van der Waals surface area (Å²) in [6.07, 6.45) is 2.38. The highest BCUT2D eigenvalue weighted by Gasteiger charge is 2.34. The molecule has 1 aromatic heterocycles. The van der Waals surface area contributed by atoms with Crippen LogP contribution in [0.3, 0.4) is 0 Å². The molecule has 0 atom stereocenters. The fraction of sp³-hybridized carbons (Fsp3) is 0.412. The van der Waals surface area contributed by atoms with Gasteiger partial charge in [-0.3, -0.25) is 0 Å². The first-order valence-electron chi connectivity index (χ1n) is 8.34. The molecule has 0 spiro atoms. The minimum absolute atomic E-state index is 0.328. The average molecular weight is 360 g/mol. The Morgan fingerprint density at radius 3 is 2.64 bits per heavy atom. The van der Waals surface area contributed by atoms with Gasteiger partial charge in [0.25, 0.3) is 10.0 Å².